The summed E-state index contributed by atoms with van der Waals surface area (Å²) in [7, 11) is 0. The minimum absolute atomic E-state index is 0.716. The molecule has 0 spiro atoms. The third-order valence-corrected chi connectivity index (χ3v) is 3.64. The first-order chi connectivity index (χ1) is 8.26. The lowest BCUT2D eigenvalue weighted by molar-refractivity contribution is 0.430. The maximum absolute atomic E-state index is 5.81. The van der Waals surface area contributed by atoms with Crippen molar-refractivity contribution in [1.82, 2.24) is 5.32 Å². The van der Waals surface area contributed by atoms with Crippen molar-refractivity contribution >= 4 is 27.5 Å². The van der Waals surface area contributed by atoms with Gasteiger partial charge in [-0.25, -0.2) is 0 Å². The Kier molecular flexibility index (Phi) is 7.91. The van der Waals surface area contributed by atoms with Crippen LogP contribution in [0, 0.1) is 5.92 Å². The van der Waals surface area contributed by atoms with Crippen molar-refractivity contribution < 1.29 is 0 Å². The number of halogens is 2. The molecule has 1 atom stereocenters. The van der Waals surface area contributed by atoms with Crippen LogP contribution in [0.25, 0.3) is 0 Å². The zero-order valence-electron chi connectivity index (χ0n) is 10.4. The Labute approximate surface area is 118 Å². The molecule has 0 aliphatic heterocycles. The molecule has 0 saturated heterocycles. The van der Waals surface area contributed by atoms with Gasteiger partial charge in [0, 0.05) is 16.9 Å². The molecule has 17 heavy (non-hydrogen) atoms. The molecule has 3 heteroatoms. The zero-order chi connectivity index (χ0) is 12.5. The van der Waals surface area contributed by atoms with Gasteiger partial charge in [0.2, 0.25) is 0 Å². The molecule has 1 nitrogen and oxygen atoms in total. The first-order valence-electron chi connectivity index (χ1n) is 6.27. The van der Waals surface area contributed by atoms with Gasteiger partial charge in [-0.05, 0) is 43.0 Å². The summed E-state index contributed by atoms with van der Waals surface area (Å²) in [6.07, 6.45) is 3.62. The van der Waals surface area contributed by atoms with E-state index < -0.39 is 0 Å². The molecule has 1 N–H and O–H groups in total. The van der Waals surface area contributed by atoms with Crippen LogP contribution in [-0.2, 0) is 6.54 Å². The van der Waals surface area contributed by atoms with Crippen molar-refractivity contribution in [2.45, 2.75) is 32.7 Å². The van der Waals surface area contributed by atoms with Gasteiger partial charge in [-0.1, -0.05) is 41.4 Å². The second-order valence-corrected chi connectivity index (χ2v) is 5.68. The van der Waals surface area contributed by atoms with E-state index in [1.165, 1.54) is 18.4 Å². The SMILES string of the molecule is CCCC(CCCl)CNCc1ccc(Br)cc1. The first kappa shape index (κ1) is 15.0. The number of rotatable bonds is 8. The van der Waals surface area contributed by atoms with Crippen molar-refractivity contribution in [3.63, 3.8) is 0 Å². The molecule has 0 bridgehead atoms. The van der Waals surface area contributed by atoms with Crippen molar-refractivity contribution in [1.29, 1.82) is 0 Å². The number of nitrogens with one attached hydrogen (secondary N) is 1. The summed E-state index contributed by atoms with van der Waals surface area (Å²) >= 11 is 9.26. The maximum atomic E-state index is 5.81. The average molecular weight is 319 g/mol. The molecule has 1 aromatic rings. The molecule has 96 valence electrons. The topological polar surface area (TPSA) is 12.0 Å². The second-order valence-electron chi connectivity index (χ2n) is 4.39. The Balaban J connectivity index is 2.27. The van der Waals surface area contributed by atoms with Gasteiger partial charge in [-0.15, -0.1) is 11.6 Å². The van der Waals surface area contributed by atoms with Gasteiger partial charge in [-0.2, -0.15) is 0 Å². The number of hydrogen-bond acceptors (Lipinski definition) is 1. The van der Waals surface area contributed by atoms with Crippen LogP contribution in [0.4, 0.5) is 0 Å². The Morgan fingerprint density at radius 2 is 1.94 bits per heavy atom. The Hall–Kier alpha value is -0.0500. The van der Waals surface area contributed by atoms with E-state index in [1.54, 1.807) is 0 Å². The van der Waals surface area contributed by atoms with E-state index in [4.69, 9.17) is 11.6 Å². The number of hydrogen-bond donors (Lipinski definition) is 1. The van der Waals surface area contributed by atoms with Gasteiger partial charge in [-0.3, -0.25) is 0 Å². The lowest BCUT2D eigenvalue weighted by atomic mass is 10.0. The number of benzene rings is 1. The van der Waals surface area contributed by atoms with E-state index in [-0.39, 0.29) is 0 Å². The fourth-order valence-electron chi connectivity index (χ4n) is 1.93. The minimum atomic E-state index is 0.716. The van der Waals surface area contributed by atoms with Crippen LogP contribution in [0.3, 0.4) is 0 Å². The molecular formula is C14H21BrClN. The highest BCUT2D eigenvalue weighted by atomic mass is 79.9. The third-order valence-electron chi connectivity index (χ3n) is 2.89. The van der Waals surface area contributed by atoms with Crippen LogP contribution in [-0.4, -0.2) is 12.4 Å². The molecule has 0 fully saturated rings. The van der Waals surface area contributed by atoms with Crippen molar-refractivity contribution in [3.8, 4) is 0 Å². The smallest absolute Gasteiger partial charge is 0.0226 e. The second kappa shape index (κ2) is 8.96. The van der Waals surface area contributed by atoms with E-state index in [9.17, 15) is 0 Å². The van der Waals surface area contributed by atoms with Gasteiger partial charge < -0.3 is 5.32 Å². The van der Waals surface area contributed by atoms with E-state index in [0.717, 1.165) is 29.9 Å². The summed E-state index contributed by atoms with van der Waals surface area (Å²) in [5.41, 5.74) is 1.33. The molecule has 0 radical (unpaired) electrons. The fourth-order valence-corrected chi connectivity index (χ4v) is 2.51. The van der Waals surface area contributed by atoms with Crippen LogP contribution in [0.1, 0.15) is 31.7 Å². The maximum Gasteiger partial charge on any atom is 0.0226 e. The van der Waals surface area contributed by atoms with Crippen molar-refractivity contribution in [3.05, 3.63) is 34.3 Å². The highest BCUT2D eigenvalue weighted by molar-refractivity contribution is 9.10. The summed E-state index contributed by atoms with van der Waals surface area (Å²) in [6.45, 7) is 4.24. The number of alkyl halides is 1. The lowest BCUT2D eigenvalue weighted by Crippen LogP contribution is -2.22. The van der Waals surface area contributed by atoms with E-state index in [0.29, 0.717) is 5.92 Å². The Morgan fingerprint density at radius 3 is 2.53 bits per heavy atom. The van der Waals surface area contributed by atoms with E-state index in [1.807, 2.05) is 0 Å². The summed E-state index contributed by atoms with van der Waals surface area (Å²) in [5, 5.41) is 3.52. The first-order valence-corrected chi connectivity index (χ1v) is 7.60. The van der Waals surface area contributed by atoms with E-state index in [2.05, 4.69) is 52.4 Å². The van der Waals surface area contributed by atoms with E-state index >= 15 is 0 Å². The van der Waals surface area contributed by atoms with Crippen LogP contribution < -0.4 is 5.32 Å². The Morgan fingerprint density at radius 1 is 1.24 bits per heavy atom. The van der Waals surface area contributed by atoms with Gasteiger partial charge in [0.05, 0.1) is 0 Å². The fraction of sp³-hybridized carbons (Fsp3) is 0.571. The standard InChI is InChI=1S/C14H21BrClN/c1-2-3-12(8-9-16)10-17-11-13-4-6-14(15)7-5-13/h4-7,12,17H,2-3,8-11H2,1H3. The van der Waals surface area contributed by atoms with Crippen LogP contribution in [0.5, 0.6) is 0 Å². The largest absolute Gasteiger partial charge is 0.312 e. The normalized spacial score (nSPS) is 12.6. The average Bonchev–Trinajstić information content (AvgIpc) is 2.32. The molecule has 0 aliphatic carbocycles. The molecule has 1 rings (SSSR count). The molecule has 0 aliphatic rings. The quantitative estimate of drug-likeness (QED) is 0.692. The van der Waals surface area contributed by atoms with Gasteiger partial charge in [0.15, 0.2) is 0 Å². The molecule has 0 saturated carbocycles. The zero-order valence-corrected chi connectivity index (χ0v) is 12.7. The predicted octanol–water partition coefficient (Wildman–Crippen LogP) is 4.58. The highest BCUT2D eigenvalue weighted by Crippen LogP contribution is 2.12. The van der Waals surface area contributed by atoms with Crippen LogP contribution in [0.2, 0.25) is 0 Å². The van der Waals surface area contributed by atoms with Gasteiger partial charge in [0.25, 0.3) is 0 Å². The summed E-state index contributed by atoms with van der Waals surface area (Å²) in [5.74, 6) is 1.48. The molecule has 0 amide bonds. The lowest BCUT2D eigenvalue weighted by Gasteiger charge is -2.15. The van der Waals surface area contributed by atoms with Crippen LogP contribution >= 0.6 is 27.5 Å². The summed E-state index contributed by atoms with van der Waals surface area (Å²) in [6, 6.07) is 8.46. The molecule has 1 aromatic carbocycles. The highest BCUT2D eigenvalue weighted by Gasteiger charge is 2.06. The summed E-state index contributed by atoms with van der Waals surface area (Å²) < 4.78 is 1.13. The van der Waals surface area contributed by atoms with Crippen molar-refractivity contribution in [2.24, 2.45) is 5.92 Å². The Bertz CT molecular complexity index is 294. The minimum Gasteiger partial charge on any atom is -0.312 e. The van der Waals surface area contributed by atoms with Gasteiger partial charge in [0.1, 0.15) is 0 Å². The monoisotopic (exact) mass is 317 g/mol. The molecular weight excluding hydrogens is 298 g/mol. The van der Waals surface area contributed by atoms with Gasteiger partial charge >= 0.3 is 0 Å². The van der Waals surface area contributed by atoms with Crippen LogP contribution in [0.15, 0.2) is 28.7 Å². The summed E-state index contributed by atoms with van der Waals surface area (Å²) in [4.78, 5) is 0. The predicted molar refractivity (Wildman–Crippen MR) is 79.6 cm³/mol. The molecule has 0 aromatic heterocycles. The third kappa shape index (κ3) is 6.44. The molecule has 0 heterocycles. The molecule has 1 unspecified atom stereocenters. The van der Waals surface area contributed by atoms with Crippen molar-refractivity contribution in [2.75, 3.05) is 12.4 Å².